The first-order chi connectivity index (χ1) is 16.2. The predicted molar refractivity (Wildman–Crippen MR) is 128 cm³/mol. The lowest BCUT2D eigenvalue weighted by Gasteiger charge is -2.35. The normalized spacial score (nSPS) is 13.7. The molecule has 2 aromatic heterocycles. The number of hydrogen-bond donors (Lipinski definition) is 1. The van der Waals surface area contributed by atoms with Gasteiger partial charge in [-0.05, 0) is 48.5 Å². The van der Waals surface area contributed by atoms with Crippen LogP contribution in [-0.2, 0) is 0 Å². The number of carbonyl (C=O) groups is 2. The number of nitrogens with one attached hydrogen (secondary N) is 1. The van der Waals surface area contributed by atoms with E-state index in [9.17, 15) is 9.59 Å². The van der Waals surface area contributed by atoms with Gasteiger partial charge in [0.05, 0.1) is 15.4 Å². The molecule has 0 bridgehead atoms. The molecule has 3 heterocycles. The zero-order valence-electron chi connectivity index (χ0n) is 17.8. The number of hydrogen-bond acceptors (Lipinski definition) is 6. The number of nitrogens with zero attached hydrogens (tertiary/aromatic N) is 5. The summed E-state index contributed by atoms with van der Waals surface area (Å²) in [7, 11) is 0. The predicted octanol–water partition coefficient (Wildman–Crippen LogP) is 3.54. The van der Waals surface area contributed by atoms with Gasteiger partial charge in [-0.1, -0.05) is 18.2 Å². The molecule has 2 amide bonds. The number of amides is 2. The van der Waals surface area contributed by atoms with Crippen molar-refractivity contribution in [2.75, 3.05) is 36.4 Å². The number of rotatable bonds is 5. The molecule has 9 heteroatoms. The molecule has 33 heavy (non-hydrogen) atoms. The van der Waals surface area contributed by atoms with Crippen LogP contribution in [0.15, 0.2) is 79.4 Å². The Kier molecular flexibility index (Phi) is 5.86. The van der Waals surface area contributed by atoms with Crippen LogP contribution in [0.3, 0.4) is 0 Å². The van der Waals surface area contributed by atoms with Gasteiger partial charge in [-0.3, -0.25) is 9.59 Å². The Morgan fingerprint density at radius 2 is 1.55 bits per heavy atom. The van der Waals surface area contributed by atoms with Gasteiger partial charge in [-0.2, -0.15) is 5.10 Å². The lowest BCUT2D eigenvalue weighted by atomic mass is 10.2. The van der Waals surface area contributed by atoms with Crippen LogP contribution in [0.4, 0.5) is 11.4 Å². The summed E-state index contributed by atoms with van der Waals surface area (Å²) in [5, 5.41) is 6.96. The van der Waals surface area contributed by atoms with Crippen LogP contribution in [0.5, 0.6) is 0 Å². The standard InChI is InChI=1S/C24H22N6O2S/c31-23(27-18-6-8-20(9-7-18)30-17-25-16-26-30)21-10-11-22(33-21)24(32)29-14-12-28(13-15-29)19-4-2-1-3-5-19/h1-11,16-17H,12-15H2,(H,27,31). The maximum Gasteiger partial charge on any atom is 0.265 e. The van der Waals surface area contributed by atoms with Crippen LogP contribution in [-0.4, -0.2) is 57.7 Å². The largest absolute Gasteiger partial charge is 0.368 e. The monoisotopic (exact) mass is 458 g/mol. The van der Waals surface area contributed by atoms with Gasteiger partial charge in [0.2, 0.25) is 0 Å². The molecule has 4 aromatic rings. The highest BCUT2D eigenvalue weighted by molar-refractivity contribution is 7.16. The van der Waals surface area contributed by atoms with Crippen LogP contribution in [0, 0.1) is 0 Å². The fourth-order valence-electron chi connectivity index (χ4n) is 3.77. The number of piperazine rings is 1. The fourth-order valence-corrected chi connectivity index (χ4v) is 4.64. The molecule has 1 N–H and O–H groups in total. The fraction of sp³-hybridized carbons (Fsp3) is 0.167. The van der Waals surface area contributed by atoms with E-state index in [4.69, 9.17) is 0 Å². The smallest absolute Gasteiger partial charge is 0.265 e. The zero-order chi connectivity index (χ0) is 22.6. The molecule has 1 aliphatic heterocycles. The van der Waals surface area contributed by atoms with Crippen LogP contribution in [0.1, 0.15) is 19.3 Å². The molecule has 2 aromatic carbocycles. The molecule has 0 unspecified atom stereocenters. The quantitative estimate of drug-likeness (QED) is 0.495. The zero-order valence-corrected chi connectivity index (χ0v) is 18.6. The van der Waals surface area contributed by atoms with Gasteiger partial charge in [0, 0.05) is 37.6 Å². The van der Waals surface area contributed by atoms with Crippen molar-refractivity contribution in [3.05, 3.63) is 89.1 Å². The van der Waals surface area contributed by atoms with Crippen molar-refractivity contribution in [2.24, 2.45) is 0 Å². The highest BCUT2D eigenvalue weighted by atomic mass is 32.1. The SMILES string of the molecule is O=C(Nc1ccc(-n2cncn2)cc1)c1ccc(C(=O)N2CCN(c3ccccc3)CC2)s1. The first kappa shape index (κ1) is 20.9. The van der Waals surface area contributed by atoms with Gasteiger partial charge in [-0.25, -0.2) is 9.67 Å². The molecular weight excluding hydrogens is 436 g/mol. The van der Waals surface area contributed by atoms with Crippen molar-refractivity contribution in [3.8, 4) is 5.69 Å². The van der Waals surface area contributed by atoms with Crippen LogP contribution in [0.2, 0.25) is 0 Å². The number of anilines is 2. The van der Waals surface area contributed by atoms with Gasteiger partial charge in [0.15, 0.2) is 0 Å². The third-order valence-corrected chi connectivity index (χ3v) is 6.61. The molecule has 0 saturated carbocycles. The molecule has 0 radical (unpaired) electrons. The second kappa shape index (κ2) is 9.25. The van der Waals surface area contributed by atoms with Crippen LogP contribution in [0.25, 0.3) is 5.69 Å². The minimum Gasteiger partial charge on any atom is -0.368 e. The Hall–Kier alpha value is -3.98. The summed E-state index contributed by atoms with van der Waals surface area (Å²) in [5.41, 5.74) is 2.69. The molecular formula is C24H22N6O2S. The van der Waals surface area contributed by atoms with Crippen molar-refractivity contribution >= 4 is 34.5 Å². The number of thiophene rings is 1. The lowest BCUT2D eigenvalue weighted by molar-refractivity contribution is 0.0751. The molecule has 1 aliphatic rings. The molecule has 0 spiro atoms. The topological polar surface area (TPSA) is 83.4 Å². The maximum atomic E-state index is 13.0. The van der Waals surface area contributed by atoms with E-state index in [1.54, 1.807) is 35.3 Å². The van der Waals surface area contributed by atoms with Crippen LogP contribution < -0.4 is 10.2 Å². The van der Waals surface area contributed by atoms with Crippen molar-refractivity contribution in [2.45, 2.75) is 0 Å². The van der Waals surface area contributed by atoms with Gasteiger partial charge in [-0.15, -0.1) is 11.3 Å². The summed E-state index contributed by atoms with van der Waals surface area (Å²) in [6, 6.07) is 21.0. The Bertz CT molecular complexity index is 1230. The first-order valence-corrected chi connectivity index (χ1v) is 11.4. The van der Waals surface area contributed by atoms with Gasteiger partial charge in [0.1, 0.15) is 12.7 Å². The second-order valence-electron chi connectivity index (χ2n) is 7.62. The number of para-hydroxylation sites is 1. The van der Waals surface area contributed by atoms with Gasteiger partial charge >= 0.3 is 0 Å². The maximum absolute atomic E-state index is 13.0. The Morgan fingerprint density at radius 1 is 0.818 bits per heavy atom. The van der Waals surface area contributed by atoms with E-state index < -0.39 is 0 Å². The van der Waals surface area contributed by atoms with Gasteiger partial charge in [0.25, 0.3) is 11.8 Å². The summed E-state index contributed by atoms with van der Waals surface area (Å²) in [6.45, 7) is 2.90. The van der Waals surface area contributed by atoms with E-state index in [1.165, 1.54) is 23.4 Å². The molecule has 1 saturated heterocycles. The summed E-state index contributed by atoms with van der Waals surface area (Å²) in [6.07, 6.45) is 3.08. The van der Waals surface area contributed by atoms with Crippen molar-refractivity contribution < 1.29 is 9.59 Å². The third-order valence-electron chi connectivity index (χ3n) is 5.54. The second-order valence-corrected chi connectivity index (χ2v) is 8.70. The number of carbonyl (C=O) groups excluding carboxylic acids is 2. The van der Waals surface area contributed by atoms with E-state index in [0.717, 1.165) is 18.8 Å². The minimum absolute atomic E-state index is 0.0241. The van der Waals surface area contributed by atoms with E-state index in [0.29, 0.717) is 28.5 Å². The minimum atomic E-state index is -0.235. The van der Waals surface area contributed by atoms with Crippen molar-refractivity contribution in [1.29, 1.82) is 0 Å². The Balaban J connectivity index is 1.18. The molecule has 8 nitrogen and oxygen atoms in total. The van der Waals surface area contributed by atoms with Crippen molar-refractivity contribution in [3.63, 3.8) is 0 Å². The first-order valence-electron chi connectivity index (χ1n) is 10.6. The lowest BCUT2D eigenvalue weighted by Crippen LogP contribution is -2.48. The Morgan fingerprint density at radius 3 is 2.24 bits per heavy atom. The Labute approximate surface area is 195 Å². The van der Waals surface area contributed by atoms with E-state index in [2.05, 4.69) is 32.4 Å². The van der Waals surface area contributed by atoms with E-state index in [-0.39, 0.29) is 11.8 Å². The van der Waals surface area contributed by atoms with Gasteiger partial charge < -0.3 is 15.1 Å². The summed E-state index contributed by atoms with van der Waals surface area (Å²) < 4.78 is 1.64. The highest BCUT2D eigenvalue weighted by Crippen LogP contribution is 2.22. The average Bonchev–Trinajstić information content (AvgIpc) is 3.58. The molecule has 166 valence electrons. The molecule has 1 fully saturated rings. The van der Waals surface area contributed by atoms with E-state index in [1.807, 2.05) is 35.2 Å². The summed E-state index contributed by atoms with van der Waals surface area (Å²) in [4.78, 5) is 34.8. The summed E-state index contributed by atoms with van der Waals surface area (Å²) in [5.74, 6) is -0.259. The van der Waals surface area contributed by atoms with Crippen molar-refractivity contribution in [1.82, 2.24) is 19.7 Å². The van der Waals surface area contributed by atoms with E-state index >= 15 is 0 Å². The summed E-state index contributed by atoms with van der Waals surface area (Å²) >= 11 is 1.22. The third kappa shape index (κ3) is 4.63. The average molecular weight is 459 g/mol. The molecule has 0 atom stereocenters. The highest BCUT2D eigenvalue weighted by Gasteiger charge is 2.24. The molecule has 5 rings (SSSR count). The van der Waals surface area contributed by atoms with Crippen LogP contribution >= 0.6 is 11.3 Å². The molecule has 0 aliphatic carbocycles. The number of benzene rings is 2. The number of aromatic nitrogens is 3.